The third-order valence-corrected chi connectivity index (χ3v) is 3.88. The minimum atomic E-state index is -0.131. The van der Waals surface area contributed by atoms with Gasteiger partial charge in [-0.2, -0.15) is 5.10 Å². The molecule has 1 amide bonds. The van der Waals surface area contributed by atoms with Crippen molar-refractivity contribution in [2.75, 3.05) is 6.54 Å². The fourth-order valence-corrected chi connectivity index (χ4v) is 2.48. The molecule has 0 atom stereocenters. The van der Waals surface area contributed by atoms with Crippen molar-refractivity contribution in [3.8, 4) is 0 Å². The van der Waals surface area contributed by atoms with Gasteiger partial charge in [-0.15, -0.1) is 0 Å². The second kappa shape index (κ2) is 5.25. The number of rotatable bonds is 5. The summed E-state index contributed by atoms with van der Waals surface area (Å²) in [5.74, 6) is 0.385. The number of nitrogens with one attached hydrogen (secondary N) is 3. The van der Waals surface area contributed by atoms with E-state index in [4.69, 9.17) is 0 Å². The third-order valence-electron chi connectivity index (χ3n) is 3.88. The van der Waals surface area contributed by atoms with Crippen LogP contribution in [0.25, 0.3) is 11.2 Å². The Bertz CT molecular complexity index is 803. The van der Waals surface area contributed by atoms with Crippen molar-refractivity contribution in [3.05, 3.63) is 41.6 Å². The summed E-state index contributed by atoms with van der Waals surface area (Å²) in [7, 11) is 0. The highest BCUT2D eigenvalue weighted by Gasteiger charge is 2.26. The number of carbonyl (C=O) groups excluding carboxylic acids is 1. The standard InChI is InChI=1S/C15H16N6O/c22-15(16-5-3-10-4-6-19-21-10)11-7-17-14-13(11)20-12(8-18-14)9-1-2-9/h4,6-9H,1-3,5H2,(H,16,22)(H,17,18)(H,19,21). The van der Waals surface area contributed by atoms with Crippen LogP contribution in [0.4, 0.5) is 0 Å². The number of amides is 1. The lowest BCUT2D eigenvalue weighted by molar-refractivity contribution is 0.0955. The first-order chi connectivity index (χ1) is 10.8. The minimum Gasteiger partial charge on any atom is -0.352 e. The maximum absolute atomic E-state index is 12.3. The zero-order valence-electron chi connectivity index (χ0n) is 12.0. The average molecular weight is 296 g/mol. The molecule has 0 spiro atoms. The minimum absolute atomic E-state index is 0.131. The summed E-state index contributed by atoms with van der Waals surface area (Å²) in [5.41, 5.74) is 3.84. The smallest absolute Gasteiger partial charge is 0.255 e. The Morgan fingerprint density at radius 1 is 1.41 bits per heavy atom. The predicted molar refractivity (Wildman–Crippen MR) is 80.5 cm³/mol. The van der Waals surface area contributed by atoms with Crippen molar-refractivity contribution in [3.63, 3.8) is 0 Å². The monoisotopic (exact) mass is 296 g/mol. The predicted octanol–water partition coefficient (Wildman–Crippen LogP) is 1.53. The molecular formula is C15H16N6O. The SMILES string of the molecule is O=C(NCCc1ccn[nH]1)c1c[nH]c2ncc(C3CC3)nc12. The van der Waals surface area contributed by atoms with Crippen molar-refractivity contribution in [1.82, 2.24) is 30.5 Å². The van der Waals surface area contributed by atoms with Crippen LogP contribution in [0.3, 0.4) is 0 Å². The molecule has 7 heteroatoms. The Labute approximate surface area is 126 Å². The molecule has 1 fully saturated rings. The van der Waals surface area contributed by atoms with Crippen LogP contribution in [0, 0.1) is 0 Å². The van der Waals surface area contributed by atoms with E-state index in [0.29, 0.717) is 35.6 Å². The molecule has 0 aliphatic heterocycles. The largest absolute Gasteiger partial charge is 0.352 e. The average Bonchev–Trinajstić information content (AvgIpc) is 3.09. The number of carbonyl (C=O) groups is 1. The van der Waals surface area contributed by atoms with Gasteiger partial charge in [-0.25, -0.2) is 9.97 Å². The first-order valence-electron chi connectivity index (χ1n) is 7.42. The molecule has 1 aliphatic carbocycles. The highest BCUT2D eigenvalue weighted by Crippen LogP contribution is 2.39. The van der Waals surface area contributed by atoms with Crippen LogP contribution in [0.5, 0.6) is 0 Å². The quantitative estimate of drug-likeness (QED) is 0.665. The van der Waals surface area contributed by atoms with Crippen LogP contribution in [-0.4, -0.2) is 37.6 Å². The molecule has 22 heavy (non-hydrogen) atoms. The molecule has 0 saturated heterocycles. The van der Waals surface area contributed by atoms with E-state index in [-0.39, 0.29) is 5.91 Å². The molecule has 3 heterocycles. The zero-order chi connectivity index (χ0) is 14.9. The second-order valence-corrected chi connectivity index (χ2v) is 5.56. The number of H-pyrrole nitrogens is 2. The summed E-state index contributed by atoms with van der Waals surface area (Å²) in [4.78, 5) is 24.3. The normalized spacial score (nSPS) is 14.4. The summed E-state index contributed by atoms with van der Waals surface area (Å²) in [6.45, 7) is 0.545. The van der Waals surface area contributed by atoms with Gasteiger partial charge in [0.1, 0.15) is 5.52 Å². The zero-order valence-corrected chi connectivity index (χ0v) is 12.0. The van der Waals surface area contributed by atoms with Crippen LogP contribution in [0.1, 0.15) is 40.5 Å². The Balaban J connectivity index is 1.49. The number of hydrogen-bond donors (Lipinski definition) is 3. The van der Waals surface area contributed by atoms with E-state index in [9.17, 15) is 4.79 Å². The molecule has 0 aromatic carbocycles. The van der Waals surface area contributed by atoms with Gasteiger partial charge < -0.3 is 10.3 Å². The second-order valence-electron chi connectivity index (χ2n) is 5.56. The van der Waals surface area contributed by atoms with Gasteiger partial charge in [-0.05, 0) is 18.9 Å². The van der Waals surface area contributed by atoms with Crippen LogP contribution in [0.2, 0.25) is 0 Å². The van der Waals surface area contributed by atoms with Gasteiger partial charge in [0, 0.05) is 37.0 Å². The van der Waals surface area contributed by atoms with Crippen molar-refractivity contribution in [2.45, 2.75) is 25.2 Å². The number of aromatic amines is 2. The van der Waals surface area contributed by atoms with Crippen molar-refractivity contribution in [2.24, 2.45) is 0 Å². The van der Waals surface area contributed by atoms with Gasteiger partial charge in [0.15, 0.2) is 5.65 Å². The molecule has 3 aromatic rings. The molecular weight excluding hydrogens is 280 g/mol. The molecule has 1 saturated carbocycles. The fourth-order valence-electron chi connectivity index (χ4n) is 2.48. The van der Waals surface area contributed by atoms with Gasteiger partial charge >= 0.3 is 0 Å². The van der Waals surface area contributed by atoms with Gasteiger partial charge in [-0.3, -0.25) is 9.89 Å². The van der Waals surface area contributed by atoms with E-state index in [2.05, 4.69) is 30.5 Å². The summed E-state index contributed by atoms with van der Waals surface area (Å²) >= 11 is 0. The number of aromatic nitrogens is 5. The van der Waals surface area contributed by atoms with Crippen molar-refractivity contribution in [1.29, 1.82) is 0 Å². The van der Waals surface area contributed by atoms with E-state index in [1.807, 2.05) is 6.07 Å². The molecule has 0 unspecified atom stereocenters. The van der Waals surface area contributed by atoms with Gasteiger partial charge in [-0.1, -0.05) is 0 Å². The molecule has 112 valence electrons. The lowest BCUT2D eigenvalue weighted by atomic mass is 10.2. The van der Waals surface area contributed by atoms with Gasteiger partial charge in [0.05, 0.1) is 17.5 Å². The highest BCUT2D eigenvalue weighted by atomic mass is 16.1. The summed E-state index contributed by atoms with van der Waals surface area (Å²) in [6.07, 6.45) is 8.22. The Kier molecular flexibility index (Phi) is 3.10. The number of nitrogens with zero attached hydrogens (tertiary/aromatic N) is 3. The van der Waals surface area contributed by atoms with Crippen LogP contribution in [-0.2, 0) is 6.42 Å². The summed E-state index contributed by atoms with van der Waals surface area (Å²) < 4.78 is 0. The summed E-state index contributed by atoms with van der Waals surface area (Å²) in [6, 6.07) is 1.89. The maximum Gasteiger partial charge on any atom is 0.255 e. The maximum atomic E-state index is 12.3. The number of hydrogen-bond acceptors (Lipinski definition) is 4. The fraction of sp³-hybridized carbons (Fsp3) is 0.333. The molecule has 3 N–H and O–H groups in total. The lowest BCUT2D eigenvalue weighted by Crippen LogP contribution is -2.25. The summed E-state index contributed by atoms with van der Waals surface area (Å²) in [5, 5.41) is 9.66. The van der Waals surface area contributed by atoms with E-state index >= 15 is 0 Å². The molecule has 4 rings (SSSR count). The van der Waals surface area contributed by atoms with E-state index < -0.39 is 0 Å². The van der Waals surface area contributed by atoms with Crippen LogP contribution < -0.4 is 5.32 Å². The topological polar surface area (TPSA) is 99.3 Å². The van der Waals surface area contributed by atoms with E-state index in [0.717, 1.165) is 24.2 Å². The highest BCUT2D eigenvalue weighted by molar-refractivity contribution is 6.04. The van der Waals surface area contributed by atoms with Crippen LogP contribution >= 0.6 is 0 Å². The van der Waals surface area contributed by atoms with Crippen molar-refractivity contribution >= 4 is 17.1 Å². The lowest BCUT2D eigenvalue weighted by Gasteiger charge is -2.03. The first-order valence-corrected chi connectivity index (χ1v) is 7.42. The molecule has 1 aliphatic rings. The first kappa shape index (κ1) is 13.0. The van der Waals surface area contributed by atoms with Crippen molar-refractivity contribution < 1.29 is 4.79 Å². The molecule has 0 bridgehead atoms. The van der Waals surface area contributed by atoms with E-state index in [1.54, 1.807) is 18.6 Å². The molecule has 7 nitrogen and oxygen atoms in total. The third kappa shape index (κ3) is 2.45. The van der Waals surface area contributed by atoms with Gasteiger partial charge in [0.25, 0.3) is 5.91 Å². The molecule has 3 aromatic heterocycles. The Morgan fingerprint density at radius 3 is 3.09 bits per heavy atom. The van der Waals surface area contributed by atoms with Gasteiger partial charge in [0.2, 0.25) is 0 Å². The number of fused-ring (bicyclic) bond motifs is 1. The Morgan fingerprint density at radius 2 is 2.32 bits per heavy atom. The Hall–Kier alpha value is -2.70. The van der Waals surface area contributed by atoms with E-state index in [1.165, 1.54) is 0 Å². The molecule has 0 radical (unpaired) electrons. The van der Waals surface area contributed by atoms with Crippen LogP contribution in [0.15, 0.2) is 24.7 Å².